The molecule has 2 aromatic heterocycles. The van der Waals surface area contributed by atoms with Crippen molar-refractivity contribution < 1.29 is 27.5 Å². The molecule has 0 unspecified atom stereocenters. The molecule has 1 N–H and O–H groups in total. The van der Waals surface area contributed by atoms with Gasteiger partial charge in [0, 0.05) is 6.20 Å². The van der Waals surface area contributed by atoms with Gasteiger partial charge in [0.05, 0.1) is 12.1 Å². The van der Waals surface area contributed by atoms with E-state index in [2.05, 4.69) is 5.10 Å². The lowest BCUT2D eigenvalue weighted by atomic mass is 10.3. The number of aromatic carboxylic acids is 1. The molecule has 18 heavy (non-hydrogen) atoms. The van der Waals surface area contributed by atoms with E-state index in [-0.39, 0.29) is 17.9 Å². The highest BCUT2D eigenvalue weighted by atomic mass is 19.4. The zero-order valence-electron chi connectivity index (χ0n) is 8.81. The van der Waals surface area contributed by atoms with Crippen LogP contribution < -0.4 is 0 Å². The minimum absolute atomic E-state index is 0.0619. The Balaban J connectivity index is 2.14. The van der Waals surface area contributed by atoms with Crippen LogP contribution in [-0.2, 0) is 12.7 Å². The number of hydrogen-bond donors (Lipinski definition) is 1. The van der Waals surface area contributed by atoms with E-state index in [1.807, 2.05) is 0 Å². The van der Waals surface area contributed by atoms with E-state index >= 15 is 0 Å². The van der Waals surface area contributed by atoms with E-state index in [0.29, 0.717) is 0 Å². The molecule has 5 nitrogen and oxygen atoms in total. The number of alkyl halides is 3. The van der Waals surface area contributed by atoms with Gasteiger partial charge in [-0.3, -0.25) is 4.68 Å². The first kappa shape index (κ1) is 12.2. The number of furan rings is 1. The summed E-state index contributed by atoms with van der Waals surface area (Å²) >= 11 is 0. The van der Waals surface area contributed by atoms with Crippen LogP contribution in [0, 0.1) is 0 Å². The summed E-state index contributed by atoms with van der Waals surface area (Å²) in [5.74, 6) is -0.953. The summed E-state index contributed by atoms with van der Waals surface area (Å²) in [5, 5.41) is 12.0. The lowest BCUT2D eigenvalue weighted by molar-refractivity contribution is -0.141. The van der Waals surface area contributed by atoms with Crippen molar-refractivity contribution in [2.45, 2.75) is 12.7 Å². The standard InChI is InChI=1S/C10H7F3N2O3/c11-10(12,13)8-1-2-15(14-8)4-7-3-6(5-18-7)9(16)17/h1-3,5H,4H2,(H,16,17). The van der Waals surface area contributed by atoms with Crippen LogP contribution in [0.3, 0.4) is 0 Å². The van der Waals surface area contributed by atoms with E-state index in [1.165, 1.54) is 6.07 Å². The highest BCUT2D eigenvalue weighted by molar-refractivity contribution is 5.87. The molecule has 0 aliphatic carbocycles. The molecule has 0 saturated carbocycles. The summed E-state index contributed by atoms with van der Waals surface area (Å²) in [6.45, 7) is -0.0661. The molecule has 2 rings (SSSR count). The molecular weight excluding hydrogens is 253 g/mol. The number of carbonyl (C=O) groups is 1. The number of hydrogen-bond acceptors (Lipinski definition) is 3. The lowest BCUT2D eigenvalue weighted by Crippen LogP contribution is -2.08. The Bertz CT molecular complexity index is 571. The molecule has 2 aromatic rings. The first-order valence-electron chi connectivity index (χ1n) is 4.77. The van der Waals surface area contributed by atoms with E-state index in [9.17, 15) is 18.0 Å². The van der Waals surface area contributed by atoms with Crippen molar-refractivity contribution in [2.24, 2.45) is 0 Å². The van der Waals surface area contributed by atoms with Gasteiger partial charge in [-0.05, 0) is 12.1 Å². The molecule has 0 fully saturated rings. The minimum atomic E-state index is -4.50. The van der Waals surface area contributed by atoms with Crippen molar-refractivity contribution in [3.05, 3.63) is 41.6 Å². The Morgan fingerprint density at radius 3 is 2.72 bits per heavy atom. The molecule has 0 bridgehead atoms. The molecule has 96 valence electrons. The Kier molecular flexibility index (Phi) is 2.85. The molecule has 0 aliphatic rings. The summed E-state index contributed by atoms with van der Waals surface area (Å²) in [6.07, 6.45) is -2.34. The van der Waals surface area contributed by atoms with Crippen molar-refractivity contribution in [2.75, 3.05) is 0 Å². The maximum absolute atomic E-state index is 12.3. The number of nitrogens with zero attached hydrogens (tertiary/aromatic N) is 2. The summed E-state index contributed by atoms with van der Waals surface area (Å²) in [7, 11) is 0. The van der Waals surface area contributed by atoms with E-state index < -0.39 is 17.8 Å². The average Bonchev–Trinajstić information content (AvgIpc) is 2.85. The van der Waals surface area contributed by atoms with E-state index in [0.717, 1.165) is 23.2 Å². The molecule has 0 spiro atoms. The van der Waals surface area contributed by atoms with Crippen LogP contribution in [0.4, 0.5) is 13.2 Å². The van der Waals surface area contributed by atoms with Crippen molar-refractivity contribution >= 4 is 5.97 Å². The van der Waals surface area contributed by atoms with Crippen LogP contribution in [-0.4, -0.2) is 20.9 Å². The van der Waals surface area contributed by atoms with Crippen molar-refractivity contribution in [3.8, 4) is 0 Å². The zero-order valence-corrected chi connectivity index (χ0v) is 8.81. The van der Waals surface area contributed by atoms with Crippen LogP contribution in [0.1, 0.15) is 21.8 Å². The fraction of sp³-hybridized carbons (Fsp3) is 0.200. The zero-order chi connectivity index (χ0) is 13.3. The summed E-state index contributed by atoms with van der Waals surface area (Å²) in [5.41, 5.74) is -1.07. The van der Waals surface area contributed by atoms with Gasteiger partial charge >= 0.3 is 12.1 Å². The molecule has 0 aliphatic heterocycles. The third-order valence-corrected chi connectivity index (χ3v) is 2.15. The lowest BCUT2D eigenvalue weighted by Gasteiger charge is -2.01. The maximum atomic E-state index is 12.3. The summed E-state index contributed by atoms with van der Waals surface area (Å²) < 4.78 is 42.7. The largest absolute Gasteiger partial charge is 0.478 e. The molecular formula is C10H7F3N2O3. The van der Waals surface area contributed by atoms with Crippen LogP contribution in [0.5, 0.6) is 0 Å². The monoisotopic (exact) mass is 260 g/mol. The number of halogens is 3. The van der Waals surface area contributed by atoms with E-state index in [1.54, 1.807) is 0 Å². The van der Waals surface area contributed by atoms with Gasteiger partial charge in [0.2, 0.25) is 0 Å². The second-order valence-electron chi connectivity index (χ2n) is 3.50. The van der Waals surface area contributed by atoms with Gasteiger partial charge in [-0.2, -0.15) is 18.3 Å². The van der Waals surface area contributed by atoms with Crippen molar-refractivity contribution in [3.63, 3.8) is 0 Å². The molecule has 0 radical (unpaired) electrons. The summed E-state index contributed by atoms with van der Waals surface area (Å²) in [6, 6.07) is 2.07. The molecule has 2 heterocycles. The van der Waals surface area contributed by atoms with Crippen molar-refractivity contribution in [1.82, 2.24) is 9.78 Å². The van der Waals surface area contributed by atoms with Gasteiger partial charge in [0.15, 0.2) is 5.69 Å². The Hall–Kier alpha value is -2.25. The highest BCUT2D eigenvalue weighted by Crippen LogP contribution is 2.27. The van der Waals surface area contributed by atoms with Gasteiger partial charge in [-0.15, -0.1) is 0 Å². The maximum Gasteiger partial charge on any atom is 0.435 e. The van der Waals surface area contributed by atoms with Gasteiger partial charge in [0.1, 0.15) is 12.0 Å². The fourth-order valence-corrected chi connectivity index (χ4v) is 1.34. The first-order valence-corrected chi connectivity index (χ1v) is 4.77. The Morgan fingerprint density at radius 1 is 1.50 bits per heavy atom. The number of carboxylic acids is 1. The van der Waals surface area contributed by atoms with Crippen LogP contribution in [0.2, 0.25) is 0 Å². The topological polar surface area (TPSA) is 68.3 Å². The second-order valence-corrected chi connectivity index (χ2v) is 3.50. The average molecular weight is 260 g/mol. The van der Waals surface area contributed by atoms with Crippen LogP contribution >= 0.6 is 0 Å². The number of carboxylic acid groups (broad SMARTS) is 1. The first-order chi connectivity index (χ1) is 8.36. The fourth-order valence-electron chi connectivity index (χ4n) is 1.34. The minimum Gasteiger partial charge on any atom is -0.478 e. The second kappa shape index (κ2) is 4.21. The van der Waals surface area contributed by atoms with Gasteiger partial charge in [0.25, 0.3) is 0 Å². The van der Waals surface area contributed by atoms with E-state index in [4.69, 9.17) is 9.52 Å². The Morgan fingerprint density at radius 2 is 2.22 bits per heavy atom. The third-order valence-electron chi connectivity index (χ3n) is 2.15. The molecule has 8 heteroatoms. The van der Waals surface area contributed by atoms with Crippen LogP contribution in [0.15, 0.2) is 29.0 Å². The predicted molar refractivity (Wildman–Crippen MR) is 52.0 cm³/mol. The van der Waals surface area contributed by atoms with Gasteiger partial charge in [-0.25, -0.2) is 4.79 Å². The summed E-state index contributed by atoms with van der Waals surface area (Å²) in [4.78, 5) is 10.6. The third kappa shape index (κ3) is 2.53. The smallest absolute Gasteiger partial charge is 0.435 e. The quantitative estimate of drug-likeness (QED) is 0.918. The van der Waals surface area contributed by atoms with Gasteiger partial charge < -0.3 is 9.52 Å². The molecule has 0 aromatic carbocycles. The number of rotatable bonds is 3. The molecule has 0 atom stereocenters. The highest BCUT2D eigenvalue weighted by Gasteiger charge is 2.33. The van der Waals surface area contributed by atoms with Gasteiger partial charge in [-0.1, -0.05) is 0 Å². The normalized spacial score (nSPS) is 11.7. The molecule has 0 amide bonds. The van der Waals surface area contributed by atoms with Crippen LogP contribution in [0.25, 0.3) is 0 Å². The van der Waals surface area contributed by atoms with Crippen molar-refractivity contribution in [1.29, 1.82) is 0 Å². The SMILES string of the molecule is O=C(O)c1coc(Cn2ccc(C(F)(F)F)n2)c1. The number of aromatic nitrogens is 2. The molecule has 0 saturated heterocycles. The Labute approximate surface area is 98.4 Å². The predicted octanol–water partition coefficient (Wildman–Crippen LogP) is 2.24.